The summed E-state index contributed by atoms with van der Waals surface area (Å²) in [6.45, 7) is 5.10. The molecule has 1 aromatic carbocycles. The molecule has 1 aromatic heterocycles. The maximum absolute atomic E-state index is 12.7. The maximum Gasteiger partial charge on any atom is 0.254 e. The van der Waals surface area contributed by atoms with Gasteiger partial charge in [-0.1, -0.05) is 0 Å². The van der Waals surface area contributed by atoms with E-state index < -0.39 is 10.0 Å². The summed E-state index contributed by atoms with van der Waals surface area (Å²) in [6.07, 6.45) is 0. The van der Waals surface area contributed by atoms with E-state index in [2.05, 4.69) is 4.98 Å². The van der Waals surface area contributed by atoms with Crippen molar-refractivity contribution < 1.29 is 13.2 Å². The number of hydrogen-bond acceptors (Lipinski definition) is 4. The Hall–Kier alpha value is -1.93. The SMILES string of the molecule is CCS(=O)(=O)N1CCN(C(=O)c2ccc3c(c2)nc(C)n3C)CC1. The first-order valence-corrected chi connectivity index (χ1v) is 9.64. The lowest BCUT2D eigenvalue weighted by molar-refractivity contribution is 0.0698. The largest absolute Gasteiger partial charge is 0.336 e. The van der Waals surface area contributed by atoms with E-state index in [1.807, 2.05) is 24.6 Å². The van der Waals surface area contributed by atoms with Gasteiger partial charge in [0.15, 0.2) is 0 Å². The van der Waals surface area contributed by atoms with Crippen LogP contribution >= 0.6 is 0 Å². The number of imidazole rings is 1. The summed E-state index contributed by atoms with van der Waals surface area (Å²) < 4.78 is 27.2. The van der Waals surface area contributed by atoms with Crippen molar-refractivity contribution in [3.8, 4) is 0 Å². The van der Waals surface area contributed by atoms with E-state index in [0.717, 1.165) is 16.9 Å². The van der Waals surface area contributed by atoms with Crippen LogP contribution in [-0.2, 0) is 17.1 Å². The minimum absolute atomic E-state index is 0.0752. The van der Waals surface area contributed by atoms with Crippen LogP contribution in [0.4, 0.5) is 0 Å². The van der Waals surface area contributed by atoms with Crippen molar-refractivity contribution in [1.82, 2.24) is 18.8 Å². The molecule has 0 saturated carbocycles. The van der Waals surface area contributed by atoms with Crippen LogP contribution in [0.15, 0.2) is 18.2 Å². The summed E-state index contributed by atoms with van der Waals surface area (Å²) in [7, 11) is -1.24. The first-order chi connectivity index (χ1) is 11.3. The zero-order chi connectivity index (χ0) is 17.5. The third-order valence-electron chi connectivity index (χ3n) is 4.64. The van der Waals surface area contributed by atoms with Crippen LogP contribution < -0.4 is 0 Å². The first kappa shape index (κ1) is 16.9. The molecule has 1 aliphatic rings. The lowest BCUT2D eigenvalue weighted by Gasteiger charge is -2.33. The van der Waals surface area contributed by atoms with Gasteiger partial charge in [0.2, 0.25) is 10.0 Å². The van der Waals surface area contributed by atoms with Gasteiger partial charge in [-0.15, -0.1) is 0 Å². The number of aryl methyl sites for hydroxylation is 2. The zero-order valence-electron chi connectivity index (χ0n) is 14.2. The average molecular weight is 350 g/mol. The van der Waals surface area contributed by atoms with Crippen molar-refractivity contribution in [2.24, 2.45) is 7.05 Å². The number of carbonyl (C=O) groups excluding carboxylic acids is 1. The Kier molecular flexibility index (Phi) is 4.35. The highest BCUT2D eigenvalue weighted by Gasteiger charge is 2.28. The quantitative estimate of drug-likeness (QED) is 0.827. The van der Waals surface area contributed by atoms with Crippen LogP contribution in [0.5, 0.6) is 0 Å². The van der Waals surface area contributed by atoms with E-state index in [4.69, 9.17) is 0 Å². The van der Waals surface area contributed by atoms with Gasteiger partial charge in [-0.2, -0.15) is 4.31 Å². The van der Waals surface area contributed by atoms with Crippen molar-refractivity contribution in [2.75, 3.05) is 31.9 Å². The molecule has 0 bridgehead atoms. The Morgan fingerprint density at radius 1 is 1.21 bits per heavy atom. The summed E-state index contributed by atoms with van der Waals surface area (Å²) in [4.78, 5) is 18.9. The third-order valence-corrected chi connectivity index (χ3v) is 6.52. The second-order valence-electron chi connectivity index (χ2n) is 6.01. The lowest BCUT2D eigenvalue weighted by Crippen LogP contribution is -2.50. The normalized spacial score (nSPS) is 16.7. The van der Waals surface area contributed by atoms with Crippen molar-refractivity contribution in [3.05, 3.63) is 29.6 Å². The Morgan fingerprint density at radius 3 is 2.50 bits per heavy atom. The van der Waals surface area contributed by atoms with Gasteiger partial charge in [0.25, 0.3) is 5.91 Å². The Morgan fingerprint density at radius 2 is 1.88 bits per heavy atom. The average Bonchev–Trinajstić information content (AvgIpc) is 2.88. The standard InChI is InChI=1S/C16H22N4O3S/c1-4-24(22,23)20-9-7-19(8-10-20)16(21)13-5-6-15-14(11-13)17-12(2)18(15)3/h5-6,11H,4,7-10H2,1-3H3. The molecule has 2 heterocycles. The fourth-order valence-corrected chi connectivity index (χ4v) is 4.07. The number of carbonyl (C=O) groups is 1. The van der Waals surface area contributed by atoms with E-state index in [1.165, 1.54) is 4.31 Å². The summed E-state index contributed by atoms with van der Waals surface area (Å²) in [5, 5.41) is 0. The van der Waals surface area contributed by atoms with Crippen LogP contribution in [0, 0.1) is 6.92 Å². The van der Waals surface area contributed by atoms with Crippen LogP contribution in [0.1, 0.15) is 23.1 Å². The van der Waals surface area contributed by atoms with E-state index in [-0.39, 0.29) is 11.7 Å². The number of fused-ring (bicyclic) bond motifs is 1. The number of nitrogens with zero attached hydrogens (tertiary/aromatic N) is 4. The zero-order valence-corrected chi connectivity index (χ0v) is 15.0. The molecule has 0 radical (unpaired) electrons. The molecule has 0 N–H and O–H groups in total. The van der Waals surface area contributed by atoms with Gasteiger partial charge >= 0.3 is 0 Å². The van der Waals surface area contributed by atoms with Gasteiger partial charge < -0.3 is 9.47 Å². The molecule has 0 spiro atoms. The smallest absolute Gasteiger partial charge is 0.254 e. The number of piperazine rings is 1. The molecular formula is C16H22N4O3S. The molecule has 0 aliphatic carbocycles. The van der Waals surface area contributed by atoms with Gasteiger partial charge in [-0.25, -0.2) is 13.4 Å². The Balaban J connectivity index is 1.76. The van der Waals surface area contributed by atoms with Crippen molar-refractivity contribution in [1.29, 1.82) is 0 Å². The Bertz CT molecular complexity index is 880. The number of hydrogen-bond donors (Lipinski definition) is 0. The summed E-state index contributed by atoms with van der Waals surface area (Å²) in [6, 6.07) is 5.52. The minimum atomic E-state index is -3.18. The molecule has 2 aromatic rings. The number of rotatable bonds is 3. The minimum Gasteiger partial charge on any atom is -0.336 e. The third kappa shape index (κ3) is 2.91. The van der Waals surface area contributed by atoms with Gasteiger partial charge in [0.1, 0.15) is 5.82 Å². The summed E-state index contributed by atoms with van der Waals surface area (Å²) >= 11 is 0. The highest BCUT2D eigenvalue weighted by molar-refractivity contribution is 7.89. The van der Waals surface area contributed by atoms with Crippen LogP contribution in [0.2, 0.25) is 0 Å². The fraction of sp³-hybridized carbons (Fsp3) is 0.500. The molecule has 0 atom stereocenters. The molecule has 1 fully saturated rings. The molecule has 1 saturated heterocycles. The summed E-state index contributed by atoms with van der Waals surface area (Å²) in [5.41, 5.74) is 2.38. The van der Waals surface area contributed by atoms with Crippen LogP contribution in [0.25, 0.3) is 11.0 Å². The molecule has 3 rings (SSSR count). The molecule has 7 nitrogen and oxygen atoms in total. The molecule has 0 unspecified atom stereocenters. The Labute approximate surface area is 141 Å². The van der Waals surface area contributed by atoms with E-state index in [9.17, 15) is 13.2 Å². The van der Waals surface area contributed by atoms with Crippen molar-refractivity contribution >= 4 is 27.0 Å². The highest BCUT2D eigenvalue weighted by atomic mass is 32.2. The molecule has 130 valence electrons. The number of amides is 1. The monoisotopic (exact) mass is 350 g/mol. The maximum atomic E-state index is 12.7. The van der Waals surface area contributed by atoms with Gasteiger partial charge in [0.05, 0.1) is 16.8 Å². The van der Waals surface area contributed by atoms with Crippen LogP contribution in [-0.4, -0.2) is 65.0 Å². The molecule has 24 heavy (non-hydrogen) atoms. The lowest BCUT2D eigenvalue weighted by atomic mass is 10.1. The second kappa shape index (κ2) is 6.18. The van der Waals surface area contributed by atoms with E-state index in [0.29, 0.717) is 31.7 Å². The topological polar surface area (TPSA) is 75.5 Å². The second-order valence-corrected chi connectivity index (χ2v) is 8.27. The van der Waals surface area contributed by atoms with Gasteiger partial charge in [-0.05, 0) is 32.0 Å². The predicted molar refractivity (Wildman–Crippen MR) is 92.4 cm³/mol. The van der Waals surface area contributed by atoms with Crippen LogP contribution in [0.3, 0.4) is 0 Å². The van der Waals surface area contributed by atoms with E-state index >= 15 is 0 Å². The molecule has 8 heteroatoms. The first-order valence-electron chi connectivity index (χ1n) is 8.03. The number of aromatic nitrogens is 2. The molecule has 1 amide bonds. The van der Waals surface area contributed by atoms with Gasteiger partial charge in [-0.3, -0.25) is 4.79 Å². The van der Waals surface area contributed by atoms with Gasteiger partial charge in [0, 0.05) is 38.8 Å². The number of sulfonamides is 1. The summed E-state index contributed by atoms with van der Waals surface area (Å²) in [5.74, 6) is 0.915. The highest BCUT2D eigenvalue weighted by Crippen LogP contribution is 2.18. The van der Waals surface area contributed by atoms with Crippen molar-refractivity contribution in [3.63, 3.8) is 0 Å². The number of benzene rings is 1. The molecule has 1 aliphatic heterocycles. The van der Waals surface area contributed by atoms with E-state index in [1.54, 1.807) is 24.0 Å². The predicted octanol–water partition coefficient (Wildman–Crippen LogP) is 0.989. The molecular weight excluding hydrogens is 328 g/mol. The van der Waals surface area contributed by atoms with Crippen molar-refractivity contribution in [2.45, 2.75) is 13.8 Å². The fourth-order valence-electron chi connectivity index (χ4n) is 2.99.